The SMILES string of the molecule is CCCCCCCCC=CCCCCCCCCCCCCOP(=O)(O)OCCC[N+](C)(C)C. The van der Waals surface area contributed by atoms with Gasteiger partial charge in [-0.15, -0.1) is 0 Å². The number of hydrogen-bond acceptors (Lipinski definition) is 3. The Hall–Kier alpha value is -0.190. The highest BCUT2D eigenvalue weighted by atomic mass is 31.2. The van der Waals surface area contributed by atoms with Crippen LogP contribution in [0.25, 0.3) is 0 Å². The Morgan fingerprint density at radius 2 is 1.00 bits per heavy atom. The van der Waals surface area contributed by atoms with Crippen LogP contribution >= 0.6 is 7.82 Å². The van der Waals surface area contributed by atoms with Gasteiger partial charge in [-0.1, -0.05) is 103 Å². The van der Waals surface area contributed by atoms with Crippen molar-refractivity contribution >= 4 is 7.82 Å². The highest BCUT2D eigenvalue weighted by Crippen LogP contribution is 2.43. The largest absolute Gasteiger partial charge is 0.472 e. The molecule has 0 rings (SSSR count). The van der Waals surface area contributed by atoms with E-state index in [0.29, 0.717) is 6.61 Å². The van der Waals surface area contributed by atoms with Crippen LogP contribution in [0, 0.1) is 0 Å². The Labute approximate surface area is 212 Å². The number of allylic oxidation sites excluding steroid dienone is 2. The molecule has 34 heavy (non-hydrogen) atoms. The summed E-state index contributed by atoms with van der Waals surface area (Å²) in [6, 6.07) is 0. The van der Waals surface area contributed by atoms with E-state index >= 15 is 0 Å². The van der Waals surface area contributed by atoms with E-state index in [4.69, 9.17) is 9.05 Å². The van der Waals surface area contributed by atoms with Crippen LogP contribution in [0.15, 0.2) is 12.2 Å². The molecule has 0 aliphatic rings. The molecule has 0 spiro atoms. The molecule has 0 amide bonds. The molecule has 1 N–H and O–H groups in total. The molecule has 6 heteroatoms. The number of quaternary nitrogens is 1. The number of nitrogens with zero attached hydrogens (tertiary/aromatic N) is 1. The maximum Gasteiger partial charge on any atom is 0.472 e. The van der Waals surface area contributed by atoms with Gasteiger partial charge in [-0.3, -0.25) is 9.05 Å². The van der Waals surface area contributed by atoms with Gasteiger partial charge < -0.3 is 9.38 Å². The molecule has 0 fully saturated rings. The minimum absolute atomic E-state index is 0.263. The van der Waals surface area contributed by atoms with Gasteiger partial charge >= 0.3 is 7.82 Å². The van der Waals surface area contributed by atoms with Crippen molar-refractivity contribution in [3.63, 3.8) is 0 Å². The molecular weight excluding hydrogens is 445 g/mol. The standard InChI is InChI=1S/C28H58NO4P/c1-5-6-7-8-9-10-11-12-13-14-15-16-17-18-19-20-21-22-23-24-27-32-34(30,31)33-28-25-26-29(2,3)4/h12-13H,5-11,14-28H2,1-4H3/p+1. The zero-order valence-corrected chi connectivity index (χ0v) is 24.2. The predicted octanol–water partition coefficient (Wildman–Crippen LogP) is 8.81. The molecule has 0 bridgehead atoms. The van der Waals surface area contributed by atoms with E-state index in [9.17, 15) is 9.46 Å². The smallest absolute Gasteiger partial charge is 0.331 e. The van der Waals surface area contributed by atoms with Crippen molar-refractivity contribution in [2.45, 2.75) is 129 Å². The second-order valence-electron chi connectivity index (χ2n) is 10.9. The number of phosphoric acid groups is 1. The van der Waals surface area contributed by atoms with Gasteiger partial charge in [0, 0.05) is 6.42 Å². The maximum absolute atomic E-state index is 11.8. The summed E-state index contributed by atoms with van der Waals surface area (Å²) in [7, 11) is 2.39. The lowest BCUT2D eigenvalue weighted by atomic mass is 10.1. The Morgan fingerprint density at radius 3 is 1.44 bits per heavy atom. The van der Waals surface area contributed by atoms with E-state index in [1.807, 2.05) is 0 Å². The number of hydrogen-bond donors (Lipinski definition) is 1. The molecule has 0 aromatic carbocycles. The minimum Gasteiger partial charge on any atom is -0.331 e. The van der Waals surface area contributed by atoms with Crippen LogP contribution < -0.4 is 0 Å². The molecule has 0 aliphatic heterocycles. The zero-order chi connectivity index (χ0) is 25.4. The minimum atomic E-state index is -3.88. The molecule has 1 unspecified atom stereocenters. The monoisotopic (exact) mass is 504 g/mol. The van der Waals surface area contributed by atoms with Gasteiger partial charge in [0.2, 0.25) is 0 Å². The Morgan fingerprint density at radius 1 is 0.618 bits per heavy atom. The lowest BCUT2D eigenvalue weighted by molar-refractivity contribution is -0.870. The van der Waals surface area contributed by atoms with Crippen LogP contribution in [-0.2, 0) is 13.6 Å². The van der Waals surface area contributed by atoms with Gasteiger partial charge in [-0.05, 0) is 32.1 Å². The summed E-state index contributed by atoms with van der Waals surface area (Å²) < 4.78 is 22.8. The zero-order valence-electron chi connectivity index (χ0n) is 23.3. The lowest BCUT2D eigenvalue weighted by Crippen LogP contribution is -2.35. The van der Waals surface area contributed by atoms with E-state index in [1.165, 1.54) is 103 Å². The van der Waals surface area contributed by atoms with Crippen LogP contribution in [0.3, 0.4) is 0 Å². The molecule has 5 nitrogen and oxygen atoms in total. The molecule has 0 aliphatic carbocycles. The topological polar surface area (TPSA) is 55.8 Å². The molecule has 0 saturated heterocycles. The molecule has 0 aromatic rings. The van der Waals surface area contributed by atoms with E-state index in [2.05, 4.69) is 40.2 Å². The highest BCUT2D eigenvalue weighted by Gasteiger charge is 2.20. The summed E-state index contributed by atoms with van der Waals surface area (Å²) in [5.74, 6) is 0. The number of phosphoric ester groups is 1. The Balaban J connectivity index is 3.30. The van der Waals surface area contributed by atoms with Crippen LogP contribution in [0.4, 0.5) is 0 Å². The molecule has 1 atom stereocenters. The first kappa shape index (κ1) is 33.8. The van der Waals surface area contributed by atoms with Crippen molar-refractivity contribution < 1.29 is 23.0 Å². The summed E-state index contributed by atoms with van der Waals surface area (Å²) >= 11 is 0. The van der Waals surface area contributed by atoms with Crippen LogP contribution in [-0.4, -0.2) is 50.3 Å². The fraction of sp³-hybridized carbons (Fsp3) is 0.929. The Kier molecular flexibility index (Phi) is 23.1. The summed E-state index contributed by atoms with van der Waals surface area (Å²) in [4.78, 5) is 9.70. The molecule has 0 radical (unpaired) electrons. The number of rotatable bonds is 26. The summed E-state index contributed by atoms with van der Waals surface area (Å²) in [6.45, 7) is 3.74. The maximum atomic E-state index is 11.8. The van der Waals surface area contributed by atoms with Crippen LogP contribution in [0.5, 0.6) is 0 Å². The molecular formula is C28H59NO4P+. The summed E-state index contributed by atoms with van der Waals surface area (Å²) in [5, 5.41) is 0. The van der Waals surface area contributed by atoms with Gasteiger partial charge in [0.15, 0.2) is 0 Å². The third-order valence-corrected chi connectivity index (χ3v) is 7.16. The van der Waals surface area contributed by atoms with Crippen molar-refractivity contribution in [3.8, 4) is 0 Å². The number of unbranched alkanes of at least 4 members (excludes halogenated alkanes) is 16. The van der Waals surface area contributed by atoms with E-state index in [1.54, 1.807) is 0 Å². The molecule has 0 heterocycles. The highest BCUT2D eigenvalue weighted by molar-refractivity contribution is 7.47. The first-order chi connectivity index (χ1) is 16.3. The van der Waals surface area contributed by atoms with E-state index in [-0.39, 0.29) is 6.61 Å². The van der Waals surface area contributed by atoms with Crippen LogP contribution in [0.1, 0.15) is 129 Å². The molecule has 0 saturated carbocycles. The van der Waals surface area contributed by atoms with Gasteiger partial charge in [0.25, 0.3) is 0 Å². The van der Waals surface area contributed by atoms with Crippen molar-refractivity contribution in [3.05, 3.63) is 12.2 Å². The van der Waals surface area contributed by atoms with Crippen molar-refractivity contribution in [1.29, 1.82) is 0 Å². The van der Waals surface area contributed by atoms with Crippen LogP contribution in [0.2, 0.25) is 0 Å². The summed E-state index contributed by atoms with van der Waals surface area (Å²) in [6.07, 6.45) is 28.7. The van der Waals surface area contributed by atoms with Crippen molar-refractivity contribution in [1.82, 2.24) is 0 Å². The van der Waals surface area contributed by atoms with Gasteiger partial charge in [0.1, 0.15) is 0 Å². The fourth-order valence-electron chi connectivity index (χ4n) is 3.99. The van der Waals surface area contributed by atoms with Gasteiger partial charge in [-0.25, -0.2) is 4.57 Å². The quantitative estimate of drug-likeness (QED) is 0.0553. The second-order valence-corrected chi connectivity index (χ2v) is 12.3. The predicted molar refractivity (Wildman–Crippen MR) is 147 cm³/mol. The van der Waals surface area contributed by atoms with E-state index < -0.39 is 7.82 Å². The summed E-state index contributed by atoms with van der Waals surface area (Å²) in [5.41, 5.74) is 0. The third kappa shape index (κ3) is 28.1. The molecule has 204 valence electrons. The Bertz CT molecular complexity index is 505. The first-order valence-corrected chi connectivity index (χ1v) is 15.8. The average molecular weight is 505 g/mol. The normalized spacial score (nSPS) is 14.1. The third-order valence-electron chi connectivity index (χ3n) is 6.14. The van der Waals surface area contributed by atoms with Crippen molar-refractivity contribution in [2.24, 2.45) is 0 Å². The van der Waals surface area contributed by atoms with E-state index in [0.717, 1.165) is 30.3 Å². The fourth-order valence-corrected chi connectivity index (χ4v) is 4.79. The lowest BCUT2D eigenvalue weighted by Gasteiger charge is -2.23. The average Bonchev–Trinajstić information content (AvgIpc) is 2.77. The van der Waals surface area contributed by atoms with Crippen molar-refractivity contribution in [2.75, 3.05) is 40.9 Å². The van der Waals surface area contributed by atoms with Gasteiger partial charge in [0.05, 0.1) is 40.9 Å². The molecule has 0 aromatic heterocycles. The first-order valence-electron chi connectivity index (χ1n) is 14.3. The second kappa shape index (κ2) is 23.2. The van der Waals surface area contributed by atoms with Gasteiger partial charge in [-0.2, -0.15) is 0 Å².